The quantitative estimate of drug-likeness (QED) is 0.818. The highest BCUT2D eigenvalue weighted by Crippen LogP contribution is 2.30. The molecule has 0 saturated heterocycles. The van der Waals surface area contributed by atoms with Crippen molar-refractivity contribution in [2.45, 2.75) is 32.7 Å². The van der Waals surface area contributed by atoms with Crippen LogP contribution in [-0.2, 0) is 6.42 Å². The van der Waals surface area contributed by atoms with E-state index in [-0.39, 0.29) is 0 Å². The molecule has 0 aliphatic heterocycles. The maximum atomic E-state index is 5.81. The largest absolute Gasteiger partial charge is 0.330 e. The van der Waals surface area contributed by atoms with Crippen molar-refractivity contribution in [3.8, 4) is 0 Å². The van der Waals surface area contributed by atoms with Crippen molar-refractivity contribution in [2.24, 2.45) is 17.6 Å². The molecule has 2 atom stereocenters. The van der Waals surface area contributed by atoms with Crippen LogP contribution in [0.15, 0.2) is 24.3 Å². The first-order chi connectivity index (χ1) is 8.22. The van der Waals surface area contributed by atoms with Crippen molar-refractivity contribution in [1.82, 2.24) is 5.32 Å². The summed E-state index contributed by atoms with van der Waals surface area (Å²) in [6.45, 7) is 6.32. The van der Waals surface area contributed by atoms with E-state index in [2.05, 4.69) is 43.4 Å². The first-order valence-corrected chi connectivity index (χ1v) is 6.73. The number of fused-ring (bicyclic) bond motifs is 1. The third-order valence-corrected chi connectivity index (χ3v) is 4.00. The molecule has 0 radical (unpaired) electrons. The van der Waals surface area contributed by atoms with Gasteiger partial charge in [0, 0.05) is 6.04 Å². The van der Waals surface area contributed by atoms with Crippen LogP contribution in [0.25, 0.3) is 0 Å². The molecule has 1 aliphatic carbocycles. The van der Waals surface area contributed by atoms with Crippen molar-refractivity contribution < 1.29 is 0 Å². The minimum atomic E-state index is 0.541. The summed E-state index contributed by atoms with van der Waals surface area (Å²) in [6, 6.07) is 9.32. The van der Waals surface area contributed by atoms with Gasteiger partial charge >= 0.3 is 0 Å². The third-order valence-electron chi connectivity index (χ3n) is 4.00. The van der Waals surface area contributed by atoms with E-state index in [0.717, 1.165) is 13.1 Å². The molecule has 2 unspecified atom stereocenters. The van der Waals surface area contributed by atoms with Gasteiger partial charge < -0.3 is 11.1 Å². The van der Waals surface area contributed by atoms with Gasteiger partial charge in [-0.3, -0.25) is 0 Å². The first kappa shape index (κ1) is 12.6. The van der Waals surface area contributed by atoms with Gasteiger partial charge in [-0.15, -0.1) is 0 Å². The summed E-state index contributed by atoms with van der Waals surface area (Å²) in [5.74, 6) is 1.24. The second kappa shape index (κ2) is 5.65. The maximum Gasteiger partial charge on any atom is 0.0326 e. The van der Waals surface area contributed by atoms with Crippen LogP contribution >= 0.6 is 0 Å². The lowest BCUT2D eigenvalue weighted by molar-refractivity contribution is 0.350. The van der Waals surface area contributed by atoms with E-state index < -0.39 is 0 Å². The van der Waals surface area contributed by atoms with Crippen LogP contribution in [0.2, 0.25) is 0 Å². The Bertz CT molecular complexity index is 360. The van der Waals surface area contributed by atoms with Crippen LogP contribution in [0, 0.1) is 11.8 Å². The number of hydrogen-bond acceptors (Lipinski definition) is 2. The molecule has 0 fully saturated rings. The molecule has 0 aromatic heterocycles. The van der Waals surface area contributed by atoms with Crippen LogP contribution in [0.4, 0.5) is 0 Å². The van der Waals surface area contributed by atoms with Gasteiger partial charge in [0.25, 0.3) is 0 Å². The monoisotopic (exact) mass is 232 g/mol. The maximum absolute atomic E-state index is 5.81. The van der Waals surface area contributed by atoms with Gasteiger partial charge in [0.2, 0.25) is 0 Å². The Hall–Kier alpha value is -0.860. The summed E-state index contributed by atoms with van der Waals surface area (Å²) in [7, 11) is 0. The highest BCUT2D eigenvalue weighted by Gasteiger charge is 2.22. The van der Waals surface area contributed by atoms with E-state index in [1.54, 1.807) is 0 Å². The van der Waals surface area contributed by atoms with Crippen LogP contribution < -0.4 is 11.1 Å². The fraction of sp³-hybridized carbons (Fsp3) is 0.600. The molecule has 94 valence electrons. The molecule has 1 aromatic carbocycles. The molecule has 17 heavy (non-hydrogen) atoms. The number of aryl methyl sites for hydroxylation is 1. The average molecular weight is 232 g/mol. The van der Waals surface area contributed by atoms with E-state index in [1.807, 2.05) is 0 Å². The molecule has 2 rings (SSSR count). The Morgan fingerprint density at radius 3 is 2.82 bits per heavy atom. The van der Waals surface area contributed by atoms with Crippen LogP contribution in [-0.4, -0.2) is 13.1 Å². The van der Waals surface area contributed by atoms with E-state index in [9.17, 15) is 0 Å². The van der Waals surface area contributed by atoms with Crippen LogP contribution in [0.5, 0.6) is 0 Å². The topological polar surface area (TPSA) is 38.0 Å². The highest BCUT2D eigenvalue weighted by molar-refractivity contribution is 5.34. The molecule has 2 heteroatoms. The first-order valence-electron chi connectivity index (χ1n) is 6.73. The normalized spacial score (nSPS) is 20.6. The van der Waals surface area contributed by atoms with Gasteiger partial charge in [0.05, 0.1) is 0 Å². The number of rotatable bonds is 5. The molecule has 0 amide bonds. The summed E-state index contributed by atoms with van der Waals surface area (Å²) >= 11 is 0. The molecule has 0 heterocycles. The lowest BCUT2D eigenvalue weighted by atomic mass is 9.95. The number of hydrogen-bond donors (Lipinski definition) is 2. The van der Waals surface area contributed by atoms with Gasteiger partial charge in [-0.2, -0.15) is 0 Å². The molecule has 1 aliphatic rings. The Balaban J connectivity index is 1.93. The minimum Gasteiger partial charge on any atom is -0.330 e. The van der Waals surface area contributed by atoms with Gasteiger partial charge in [-0.05, 0) is 48.9 Å². The molecule has 3 N–H and O–H groups in total. The van der Waals surface area contributed by atoms with E-state index >= 15 is 0 Å². The van der Waals surface area contributed by atoms with E-state index in [4.69, 9.17) is 5.73 Å². The Labute approximate surface area is 105 Å². The molecule has 0 saturated carbocycles. The van der Waals surface area contributed by atoms with Crippen molar-refractivity contribution in [3.05, 3.63) is 35.4 Å². The van der Waals surface area contributed by atoms with Crippen molar-refractivity contribution >= 4 is 0 Å². The predicted octanol–water partition coefficient (Wildman–Crippen LogP) is 2.49. The van der Waals surface area contributed by atoms with E-state index in [1.165, 1.54) is 24.0 Å². The summed E-state index contributed by atoms with van der Waals surface area (Å²) in [6.07, 6.45) is 2.44. The standard InChI is InChI=1S/C15H24N2/c1-11(2)13(9-16)10-17-15-8-7-12-5-3-4-6-14(12)15/h3-6,11,13,15,17H,7-10,16H2,1-2H3. The van der Waals surface area contributed by atoms with Crippen LogP contribution in [0.3, 0.4) is 0 Å². The zero-order valence-electron chi connectivity index (χ0n) is 10.9. The number of benzene rings is 1. The summed E-state index contributed by atoms with van der Waals surface area (Å²) in [5.41, 5.74) is 8.82. The fourth-order valence-electron chi connectivity index (χ4n) is 2.65. The zero-order chi connectivity index (χ0) is 12.3. The molecule has 0 bridgehead atoms. The van der Waals surface area contributed by atoms with Gasteiger partial charge in [-0.25, -0.2) is 0 Å². The Morgan fingerprint density at radius 1 is 1.35 bits per heavy atom. The molecule has 1 aromatic rings. The minimum absolute atomic E-state index is 0.541. The second-order valence-corrected chi connectivity index (χ2v) is 5.44. The molecule has 0 spiro atoms. The third kappa shape index (κ3) is 2.88. The molecular weight excluding hydrogens is 208 g/mol. The summed E-state index contributed by atoms with van der Waals surface area (Å²) < 4.78 is 0. The number of nitrogens with one attached hydrogen (secondary N) is 1. The van der Waals surface area contributed by atoms with E-state index in [0.29, 0.717) is 17.9 Å². The van der Waals surface area contributed by atoms with Crippen molar-refractivity contribution in [2.75, 3.05) is 13.1 Å². The predicted molar refractivity (Wildman–Crippen MR) is 72.9 cm³/mol. The zero-order valence-corrected chi connectivity index (χ0v) is 10.9. The van der Waals surface area contributed by atoms with Crippen LogP contribution in [0.1, 0.15) is 37.4 Å². The lowest BCUT2D eigenvalue weighted by Gasteiger charge is -2.22. The SMILES string of the molecule is CC(C)C(CN)CNC1CCc2ccccc21. The average Bonchev–Trinajstić information content (AvgIpc) is 2.73. The van der Waals surface area contributed by atoms with Crippen molar-refractivity contribution in [1.29, 1.82) is 0 Å². The van der Waals surface area contributed by atoms with Crippen molar-refractivity contribution in [3.63, 3.8) is 0 Å². The van der Waals surface area contributed by atoms with Gasteiger partial charge in [0.1, 0.15) is 0 Å². The highest BCUT2D eigenvalue weighted by atomic mass is 14.9. The lowest BCUT2D eigenvalue weighted by Crippen LogP contribution is -2.33. The molecular formula is C15H24N2. The van der Waals surface area contributed by atoms with Gasteiger partial charge in [-0.1, -0.05) is 38.1 Å². The fourth-order valence-corrected chi connectivity index (χ4v) is 2.65. The Kier molecular flexibility index (Phi) is 4.19. The summed E-state index contributed by atoms with van der Waals surface area (Å²) in [4.78, 5) is 0. The van der Waals surface area contributed by atoms with Gasteiger partial charge in [0.15, 0.2) is 0 Å². The summed E-state index contributed by atoms with van der Waals surface area (Å²) in [5, 5.41) is 3.69. The smallest absolute Gasteiger partial charge is 0.0326 e. The number of nitrogens with two attached hydrogens (primary N) is 1. The Morgan fingerprint density at radius 2 is 2.12 bits per heavy atom. The second-order valence-electron chi connectivity index (χ2n) is 5.44. The molecule has 2 nitrogen and oxygen atoms in total.